The van der Waals surface area contributed by atoms with Gasteiger partial charge in [-0.1, -0.05) is 17.7 Å². The molecule has 0 spiro atoms. The van der Waals surface area contributed by atoms with Crippen molar-refractivity contribution in [1.82, 2.24) is 0 Å². The van der Waals surface area contributed by atoms with Crippen molar-refractivity contribution in [2.75, 3.05) is 5.32 Å². The van der Waals surface area contributed by atoms with Crippen molar-refractivity contribution in [1.29, 1.82) is 0 Å². The van der Waals surface area contributed by atoms with Crippen molar-refractivity contribution in [3.05, 3.63) is 86.8 Å². The fourth-order valence-corrected chi connectivity index (χ4v) is 2.55. The molecule has 0 radical (unpaired) electrons. The van der Waals surface area contributed by atoms with Crippen LogP contribution in [0.25, 0.3) is 0 Å². The van der Waals surface area contributed by atoms with E-state index in [0.29, 0.717) is 16.9 Å². The third-order valence-corrected chi connectivity index (χ3v) is 4.05. The zero-order valence-electron chi connectivity index (χ0n) is 14.2. The summed E-state index contributed by atoms with van der Waals surface area (Å²) in [5.41, 5.74) is 2.47. The number of nitro groups is 1. The molecule has 0 saturated heterocycles. The Hall–Kier alpha value is -3.45. The fourth-order valence-electron chi connectivity index (χ4n) is 2.36. The second kappa shape index (κ2) is 7.84. The van der Waals surface area contributed by atoms with Gasteiger partial charge in [0.2, 0.25) is 0 Å². The zero-order chi connectivity index (χ0) is 19.4. The lowest BCUT2D eigenvalue weighted by molar-refractivity contribution is -0.384. The van der Waals surface area contributed by atoms with E-state index in [4.69, 9.17) is 16.0 Å². The van der Waals surface area contributed by atoms with Crippen LogP contribution < -0.4 is 5.32 Å². The minimum absolute atomic E-state index is 0.0737. The van der Waals surface area contributed by atoms with E-state index in [-0.39, 0.29) is 22.4 Å². The number of nitrogens with one attached hydrogen (secondary N) is 1. The maximum atomic E-state index is 12.0. The van der Waals surface area contributed by atoms with Crippen LogP contribution in [0.3, 0.4) is 0 Å². The lowest BCUT2D eigenvalue weighted by atomic mass is 10.1. The lowest BCUT2D eigenvalue weighted by Crippen LogP contribution is -2.11. The number of rotatable bonds is 5. The van der Waals surface area contributed by atoms with E-state index in [2.05, 4.69) is 10.3 Å². The molecule has 27 heavy (non-hydrogen) atoms. The lowest BCUT2D eigenvalue weighted by Gasteiger charge is -2.07. The molecule has 3 aromatic rings. The highest BCUT2D eigenvalue weighted by Crippen LogP contribution is 2.26. The van der Waals surface area contributed by atoms with E-state index in [1.54, 1.807) is 36.4 Å². The van der Waals surface area contributed by atoms with Gasteiger partial charge in [0.25, 0.3) is 11.6 Å². The Morgan fingerprint density at radius 3 is 2.74 bits per heavy atom. The molecule has 136 valence electrons. The molecule has 0 aliphatic carbocycles. The molecule has 3 rings (SSSR count). The van der Waals surface area contributed by atoms with Crippen molar-refractivity contribution < 1.29 is 14.1 Å². The van der Waals surface area contributed by atoms with Crippen molar-refractivity contribution in [2.45, 2.75) is 6.92 Å². The van der Waals surface area contributed by atoms with E-state index < -0.39 is 4.92 Å². The number of hydrogen-bond acceptors (Lipinski definition) is 5. The Labute approximate surface area is 159 Å². The number of nitro benzene ring substituents is 1. The first-order chi connectivity index (χ1) is 12.9. The molecular weight excluding hydrogens is 370 g/mol. The number of benzene rings is 2. The third-order valence-electron chi connectivity index (χ3n) is 3.73. The molecule has 0 bridgehead atoms. The molecule has 0 saturated carbocycles. The average Bonchev–Trinajstić information content (AvgIpc) is 3.17. The number of hydrogen-bond donors (Lipinski definition) is 1. The Bertz CT molecular complexity index is 1030. The molecule has 0 aliphatic rings. The molecule has 1 aromatic heterocycles. The maximum Gasteiger partial charge on any atom is 0.291 e. The summed E-state index contributed by atoms with van der Waals surface area (Å²) in [5.74, 6) is -0.117. The van der Waals surface area contributed by atoms with Crippen LogP contribution >= 0.6 is 11.6 Å². The molecule has 0 aliphatic heterocycles. The first kappa shape index (κ1) is 18.3. The summed E-state index contributed by atoms with van der Waals surface area (Å²) in [6, 6.07) is 12.9. The standard InChI is InChI=1S/C19H14ClN3O4/c1-12-9-14(5-7-16(12)22-19(24)18-3-2-8-27-18)21-11-13-4-6-15(20)17(10-13)23(25)26/h2-11H,1H3,(H,22,24). The van der Waals surface area contributed by atoms with Crippen LogP contribution in [-0.4, -0.2) is 17.0 Å². The molecule has 2 aromatic carbocycles. The fraction of sp³-hybridized carbons (Fsp3) is 0.0526. The molecule has 1 N–H and O–H groups in total. The summed E-state index contributed by atoms with van der Waals surface area (Å²) in [5, 5.41) is 13.8. The summed E-state index contributed by atoms with van der Waals surface area (Å²) in [4.78, 5) is 26.8. The Balaban J connectivity index is 1.76. The van der Waals surface area contributed by atoms with E-state index >= 15 is 0 Å². The largest absolute Gasteiger partial charge is 0.459 e. The van der Waals surface area contributed by atoms with Crippen molar-refractivity contribution in [2.24, 2.45) is 4.99 Å². The quantitative estimate of drug-likeness (QED) is 0.374. The summed E-state index contributed by atoms with van der Waals surface area (Å²) in [6.45, 7) is 1.84. The number of anilines is 1. The van der Waals surface area contributed by atoms with Crippen molar-refractivity contribution >= 4 is 40.8 Å². The van der Waals surface area contributed by atoms with Gasteiger partial charge in [-0.25, -0.2) is 0 Å². The molecule has 1 heterocycles. The van der Waals surface area contributed by atoms with Crippen molar-refractivity contribution in [3.63, 3.8) is 0 Å². The Morgan fingerprint density at radius 1 is 1.26 bits per heavy atom. The highest BCUT2D eigenvalue weighted by Gasteiger charge is 2.12. The average molecular weight is 384 g/mol. The van der Waals surface area contributed by atoms with Gasteiger partial charge in [-0.2, -0.15) is 0 Å². The minimum atomic E-state index is -0.541. The number of amides is 1. The van der Waals surface area contributed by atoms with Crippen LogP contribution in [0.15, 0.2) is 64.2 Å². The van der Waals surface area contributed by atoms with Gasteiger partial charge in [0, 0.05) is 18.0 Å². The van der Waals surface area contributed by atoms with Gasteiger partial charge >= 0.3 is 0 Å². The van der Waals surface area contributed by atoms with Gasteiger partial charge in [0.05, 0.1) is 16.9 Å². The first-order valence-electron chi connectivity index (χ1n) is 7.87. The SMILES string of the molecule is Cc1cc(N=Cc2ccc(Cl)c([N+](=O)[O-])c2)ccc1NC(=O)c1ccco1. The topological polar surface area (TPSA) is 97.7 Å². The summed E-state index contributed by atoms with van der Waals surface area (Å²) < 4.78 is 5.06. The van der Waals surface area contributed by atoms with E-state index in [9.17, 15) is 14.9 Å². The number of furan rings is 1. The number of aliphatic imine (C=N–C) groups is 1. The van der Waals surface area contributed by atoms with Gasteiger partial charge < -0.3 is 9.73 Å². The summed E-state index contributed by atoms with van der Waals surface area (Å²) >= 11 is 5.80. The normalized spacial score (nSPS) is 10.9. The summed E-state index contributed by atoms with van der Waals surface area (Å²) in [7, 11) is 0. The maximum absolute atomic E-state index is 12.0. The van der Waals surface area contributed by atoms with Crippen LogP contribution in [0.4, 0.5) is 17.1 Å². The molecule has 7 nitrogen and oxygen atoms in total. The smallest absolute Gasteiger partial charge is 0.291 e. The van der Waals surface area contributed by atoms with Crippen LogP contribution in [0.2, 0.25) is 5.02 Å². The van der Waals surface area contributed by atoms with E-state index in [0.717, 1.165) is 5.56 Å². The van der Waals surface area contributed by atoms with Crippen LogP contribution in [0, 0.1) is 17.0 Å². The minimum Gasteiger partial charge on any atom is -0.459 e. The van der Waals surface area contributed by atoms with Gasteiger partial charge in [-0.3, -0.25) is 19.9 Å². The number of carbonyl (C=O) groups is 1. The zero-order valence-corrected chi connectivity index (χ0v) is 14.9. The van der Waals surface area contributed by atoms with Crippen LogP contribution in [-0.2, 0) is 0 Å². The molecular formula is C19H14ClN3O4. The molecule has 0 atom stereocenters. The van der Waals surface area contributed by atoms with E-state index in [1.165, 1.54) is 24.6 Å². The molecule has 0 fully saturated rings. The number of halogens is 1. The highest BCUT2D eigenvalue weighted by atomic mass is 35.5. The van der Waals surface area contributed by atoms with Gasteiger partial charge in [0.1, 0.15) is 5.02 Å². The summed E-state index contributed by atoms with van der Waals surface area (Å²) in [6.07, 6.45) is 2.94. The van der Waals surface area contributed by atoms with Crippen LogP contribution in [0.5, 0.6) is 0 Å². The molecule has 1 amide bonds. The predicted molar refractivity (Wildman–Crippen MR) is 103 cm³/mol. The predicted octanol–water partition coefficient (Wildman–Crippen LogP) is 5.15. The van der Waals surface area contributed by atoms with Crippen LogP contribution in [0.1, 0.15) is 21.7 Å². The molecule has 8 heteroatoms. The number of carbonyl (C=O) groups excluding carboxylic acids is 1. The van der Waals surface area contributed by atoms with E-state index in [1.807, 2.05) is 6.92 Å². The van der Waals surface area contributed by atoms with Gasteiger partial charge in [0.15, 0.2) is 5.76 Å². The molecule has 0 unspecified atom stereocenters. The second-order valence-electron chi connectivity index (χ2n) is 5.66. The number of aryl methyl sites for hydroxylation is 1. The van der Waals surface area contributed by atoms with Gasteiger partial charge in [-0.05, 0) is 54.4 Å². The third kappa shape index (κ3) is 4.39. The second-order valence-corrected chi connectivity index (χ2v) is 6.06. The number of nitrogens with zero attached hydrogens (tertiary/aromatic N) is 2. The Morgan fingerprint density at radius 2 is 2.07 bits per heavy atom. The first-order valence-corrected chi connectivity index (χ1v) is 8.25. The highest BCUT2D eigenvalue weighted by molar-refractivity contribution is 6.32. The van der Waals surface area contributed by atoms with Crippen molar-refractivity contribution in [3.8, 4) is 0 Å². The monoisotopic (exact) mass is 383 g/mol. The Kier molecular flexibility index (Phi) is 5.33. The van der Waals surface area contributed by atoms with Gasteiger partial charge in [-0.15, -0.1) is 0 Å².